The zero-order chi connectivity index (χ0) is 14.5. The van der Waals surface area contributed by atoms with Gasteiger partial charge in [0.05, 0.1) is 5.69 Å². The molecule has 1 N–H and O–H groups in total. The highest BCUT2D eigenvalue weighted by Gasteiger charge is 2.28. The van der Waals surface area contributed by atoms with Crippen LogP contribution in [0.2, 0.25) is 0 Å². The minimum atomic E-state index is -3.51. The van der Waals surface area contributed by atoms with Crippen LogP contribution < -0.4 is 5.32 Å². The molecule has 1 aromatic rings. The van der Waals surface area contributed by atoms with Gasteiger partial charge in [0.15, 0.2) is 0 Å². The molecule has 108 valence electrons. The van der Waals surface area contributed by atoms with Crippen LogP contribution in [0.3, 0.4) is 0 Å². The van der Waals surface area contributed by atoms with Crippen molar-refractivity contribution in [3.8, 4) is 0 Å². The van der Waals surface area contributed by atoms with E-state index in [1.807, 2.05) is 27.7 Å². The van der Waals surface area contributed by atoms with Crippen LogP contribution in [0.1, 0.15) is 34.1 Å². The van der Waals surface area contributed by atoms with E-state index >= 15 is 0 Å². The highest BCUT2D eigenvalue weighted by Crippen LogP contribution is 2.25. The van der Waals surface area contributed by atoms with E-state index in [9.17, 15) is 8.42 Å². The van der Waals surface area contributed by atoms with E-state index in [4.69, 9.17) is 0 Å². The number of hydrogen-bond acceptors (Lipinski definition) is 4. The van der Waals surface area contributed by atoms with E-state index < -0.39 is 10.0 Å². The average molecular weight is 285 g/mol. The first-order valence-electron chi connectivity index (χ1n) is 6.64. The summed E-state index contributed by atoms with van der Waals surface area (Å²) in [6.07, 6.45) is 3.79. The fraction of sp³-hybridized carbons (Fsp3) is 0.615. The van der Waals surface area contributed by atoms with Gasteiger partial charge < -0.3 is 5.32 Å². The third kappa shape index (κ3) is 3.67. The Morgan fingerprint density at radius 1 is 1.37 bits per heavy atom. The van der Waals surface area contributed by atoms with E-state index in [2.05, 4.69) is 10.3 Å². The fourth-order valence-electron chi connectivity index (χ4n) is 1.92. The van der Waals surface area contributed by atoms with Gasteiger partial charge in [-0.3, -0.25) is 4.98 Å². The van der Waals surface area contributed by atoms with Crippen molar-refractivity contribution >= 4 is 15.7 Å². The minimum absolute atomic E-state index is 0.0698. The first-order valence-corrected chi connectivity index (χ1v) is 8.08. The molecule has 5 nitrogen and oxygen atoms in total. The second-order valence-electron chi connectivity index (χ2n) is 4.61. The average Bonchev–Trinajstić information content (AvgIpc) is 2.36. The number of pyridine rings is 1. The quantitative estimate of drug-likeness (QED) is 0.835. The van der Waals surface area contributed by atoms with Crippen LogP contribution in [-0.4, -0.2) is 36.8 Å². The van der Waals surface area contributed by atoms with Crippen molar-refractivity contribution in [1.29, 1.82) is 0 Å². The van der Waals surface area contributed by atoms with Crippen molar-refractivity contribution in [3.63, 3.8) is 0 Å². The zero-order valence-electron chi connectivity index (χ0n) is 12.0. The third-order valence-corrected chi connectivity index (χ3v) is 4.86. The highest BCUT2D eigenvalue weighted by molar-refractivity contribution is 7.89. The van der Waals surface area contributed by atoms with Crippen LogP contribution in [0.5, 0.6) is 0 Å². The van der Waals surface area contributed by atoms with Crippen molar-refractivity contribution in [2.45, 2.75) is 45.1 Å². The molecule has 0 aliphatic heterocycles. The van der Waals surface area contributed by atoms with Crippen molar-refractivity contribution in [2.75, 3.05) is 18.4 Å². The first kappa shape index (κ1) is 15.9. The number of sulfonamides is 1. The lowest BCUT2D eigenvalue weighted by Gasteiger charge is -2.26. The van der Waals surface area contributed by atoms with E-state index in [1.165, 1.54) is 10.5 Å². The van der Waals surface area contributed by atoms with Gasteiger partial charge in [-0.05, 0) is 33.3 Å². The Morgan fingerprint density at radius 3 is 2.58 bits per heavy atom. The topological polar surface area (TPSA) is 62.3 Å². The molecule has 0 fully saturated rings. The summed E-state index contributed by atoms with van der Waals surface area (Å²) >= 11 is 0. The van der Waals surface area contributed by atoms with Gasteiger partial charge >= 0.3 is 0 Å². The lowest BCUT2D eigenvalue weighted by atomic mass is 10.4. The van der Waals surface area contributed by atoms with Gasteiger partial charge in [-0.25, -0.2) is 8.42 Å². The molecule has 6 heteroatoms. The van der Waals surface area contributed by atoms with E-state index in [0.29, 0.717) is 18.8 Å². The lowest BCUT2D eigenvalue weighted by molar-refractivity contribution is 0.354. The van der Waals surface area contributed by atoms with Crippen molar-refractivity contribution < 1.29 is 8.42 Å². The van der Waals surface area contributed by atoms with Crippen LogP contribution in [0.15, 0.2) is 23.4 Å². The monoisotopic (exact) mass is 285 g/mol. The summed E-state index contributed by atoms with van der Waals surface area (Å²) in [5.74, 6) is 0. The Bertz CT molecular complexity index is 500. The molecule has 0 radical (unpaired) electrons. The maximum absolute atomic E-state index is 12.7. The Hall–Kier alpha value is -1.14. The fourth-order valence-corrected chi connectivity index (χ4v) is 3.77. The minimum Gasteiger partial charge on any atom is -0.384 e. The smallest absolute Gasteiger partial charge is 0.246 e. The summed E-state index contributed by atoms with van der Waals surface area (Å²) in [5.41, 5.74) is 0.610. The van der Waals surface area contributed by atoms with Gasteiger partial charge in [0, 0.05) is 31.5 Å². The number of hydrogen-bond donors (Lipinski definition) is 1. The molecule has 0 aliphatic rings. The molecule has 1 aromatic heterocycles. The van der Waals surface area contributed by atoms with Crippen molar-refractivity contribution in [2.24, 2.45) is 0 Å². The molecule has 19 heavy (non-hydrogen) atoms. The third-order valence-electron chi connectivity index (χ3n) is 2.76. The summed E-state index contributed by atoms with van der Waals surface area (Å²) in [5, 5.41) is 3.07. The lowest BCUT2D eigenvalue weighted by Crippen LogP contribution is -2.37. The maximum atomic E-state index is 12.7. The van der Waals surface area contributed by atoms with Gasteiger partial charge in [-0.1, -0.05) is 6.92 Å². The molecule has 1 heterocycles. The zero-order valence-corrected chi connectivity index (χ0v) is 12.9. The summed E-state index contributed by atoms with van der Waals surface area (Å²) in [4.78, 5) is 4.20. The Morgan fingerprint density at radius 2 is 2.05 bits per heavy atom. The van der Waals surface area contributed by atoms with Crippen LogP contribution in [0, 0.1) is 0 Å². The Balaban J connectivity index is 3.25. The van der Waals surface area contributed by atoms with Crippen LogP contribution in [0.25, 0.3) is 0 Å². The number of anilines is 1. The van der Waals surface area contributed by atoms with Crippen molar-refractivity contribution in [3.05, 3.63) is 18.5 Å². The van der Waals surface area contributed by atoms with Gasteiger partial charge in [0.2, 0.25) is 10.0 Å². The molecule has 0 aromatic carbocycles. The summed E-state index contributed by atoms with van der Waals surface area (Å²) < 4.78 is 26.9. The Kier molecular flexibility index (Phi) is 5.75. The largest absolute Gasteiger partial charge is 0.384 e. The molecular weight excluding hydrogens is 262 g/mol. The second-order valence-corrected chi connectivity index (χ2v) is 6.47. The summed E-state index contributed by atoms with van der Waals surface area (Å²) in [6.45, 7) is 8.86. The molecule has 0 bridgehead atoms. The van der Waals surface area contributed by atoms with E-state index in [-0.39, 0.29) is 10.9 Å². The van der Waals surface area contributed by atoms with Gasteiger partial charge in [-0.15, -0.1) is 0 Å². The molecule has 0 atom stereocenters. The molecule has 0 amide bonds. The second kappa shape index (κ2) is 6.86. The van der Waals surface area contributed by atoms with Crippen LogP contribution in [0.4, 0.5) is 5.69 Å². The van der Waals surface area contributed by atoms with E-state index in [0.717, 1.165) is 6.42 Å². The Labute approximate surface area is 116 Å². The van der Waals surface area contributed by atoms with Crippen LogP contribution in [-0.2, 0) is 10.0 Å². The predicted octanol–water partition coefficient (Wildman–Crippen LogP) is 2.32. The summed E-state index contributed by atoms with van der Waals surface area (Å²) in [7, 11) is -3.51. The molecule has 0 spiro atoms. The SMILES string of the molecule is CCCN(C(C)C)S(=O)(=O)c1cnccc1NCC. The van der Waals surface area contributed by atoms with Crippen molar-refractivity contribution in [1.82, 2.24) is 9.29 Å². The molecular formula is C13H23N3O2S. The number of nitrogens with one attached hydrogen (secondary N) is 1. The maximum Gasteiger partial charge on any atom is 0.246 e. The molecule has 0 aliphatic carbocycles. The molecule has 0 saturated carbocycles. The molecule has 1 rings (SSSR count). The summed E-state index contributed by atoms with van der Waals surface area (Å²) in [6, 6.07) is 1.63. The van der Waals surface area contributed by atoms with E-state index in [1.54, 1.807) is 12.3 Å². The first-order chi connectivity index (χ1) is 8.95. The van der Waals surface area contributed by atoms with Gasteiger partial charge in [0.1, 0.15) is 4.90 Å². The number of rotatable bonds is 7. The number of aromatic nitrogens is 1. The standard InChI is InChI=1S/C13H23N3O2S/c1-5-9-16(11(3)4)19(17,18)13-10-14-8-7-12(13)15-6-2/h7-8,10-11H,5-6,9H2,1-4H3,(H,14,15). The van der Waals surface area contributed by atoms with Gasteiger partial charge in [-0.2, -0.15) is 4.31 Å². The molecule has 0 unspecified atom stereocenters. The van der Waals surface area contributed by atoms with Gasteiger partial charge in [0.25, 0.3) is 0 Å². The predicted molar refractivity (Wildman–Crippen MR) is 77.7 cm³/mol. The van der Waals surface area contributed by atoms with Crippen LogP contribution >= 0.6 is 0 Å². The highest BCUT2D eigenvalue weighted by atomic mass is 32.2. The molecule has 0 saturated heterocycles. The number of nitrogens with zero attached hydrogens (tertiary/aromatic N) is 2. The normalized spacial score (nSPS) is 12.1.